The Kier molecular flexibility index (Phi) is 8.00. The Balaban J connectivity index is 1.55. The Morgan fingerprint density at radius 1 is 1.15 bits per heavy atom. The van der Waals surface area contributed by atoms with Crippen molar-refractivity contribution < 1.29 is 22.7 Å². The molecule has 1 N–H and O–H groups in total. The molecule has 0 saturated heterocycles. The van der Waals surface area contributed by atoms with E-state index in [1.54, 1.807) is 36.4 Å². The zero-order chi connectivity index (χ0) is 23.8. The van der Waals surface area contributed by atoms with E-state index in [1.165, 1.54) is 6.08 Å². The first-order valence-corrected chi connectivity index (χ1v) is 12.4. The predicted octanol–water partition coefficient (Wildman–Crippen LogP) is 3.60. The number of rotatable bonds is 9. The van der Waals surface area contributed by atoms with Crippen LogP contribution in [0.25, 0.3) is 6.08 Å². The first kappa shape index (κ1) is 24.2. The maximum atomic E-state index is 12.3. The zero-order valence-corrected chi connectivity index (χ0v) is 19.6. The van der Waals surface area contributed by atoms with E-state index in [2.05, 4.69) is 15.5 Å². The van der Waals surface area contributed by atoms with Crippen molar-refractivity contribution in [2.45, 2.75) is 4.34 Å². The average molecular weight is 505 g/mol. The molecular formula is C21H17ClN4O5S2. The minimum absolute atomic E-state index is 0.0238. The van der Waals surface area contributed by atoms with Gasteiger partial charge in [0.2, 0.25) is 19.3 Å². The topological polar surface area (TPSA) is 131 Å². The quantitative estimate of drug-likeness (QED) is 0.202. The number of sulfone groups is 1. The molecule has 170 valence electrons. The van der Waals surface area contributed by atoms with Gasteiger partial charge in [-0.2, -0.15) is 5.26 Å². The summed E-state index contributed by atoms with van der Waals surface area (Å²) in [4.78, 5) is 12.3. The van der Waals surface area contributed by atoms with Crippen LogP contribution in [0.15, 0.2) is 58.4 Å². The van der Waals surface area contributed by atoms with Crippen LogP contribution in [0.3, 0.4) is 0 Å². The molecule has 12 heteroatoms. The van der Waals surface area contributed by atoms with Crippen molar-refractivity contribution in [3.63, 3.8) is 0 Å². The number of hydrogen-bond acceptors (Lipinski definition) is 9. The van der Waals surface area contributed by atoms with E-state index in [0.29, 0.717) is 46.6 Å². The van der Waals surface area contributed by atoms with Gasteiger partial charge in [0.1, 0.15) is 36.4 Å². The Hall–Kier alpha value is -3.46. The monoisotopic (exact) mass is 504 g/mol. The highest BCUT2D eigenvalue weighted by Gasteiger charge is 2.17. The van der Waals surface area contributed by atoms with Gasteiger partial charge in [-0.1, -0.05) is 47.2 Å². The molecule has 33 heavy (non-hydrogen) atoms. The molecule has 0 unspecified atom stereocenters. The van der Waals surface area contributed by atoms with Gasteiger partial charge in [0, 0.05) is 6.26 Å². The zero-order valence-electron chi connectivity index (χ0n) is 17.2. The number of amides is 1. The molecule has 0 radical (unpaired) electrons. The van der Waals surface area contributed by atoms with E-state index in [1.807, 2.05) is 18.2 Å². The number of ether oxygens (including phenoxy) is 2. The molecule has 0 spiro atoms. The van der Waals surface area contributed by atoms with Gasteiger partial charge >= 0.3 is 0 Å². The summed E-state index contributed by atoms with van der Waals surface area (Å²) in [5.41, 5.74) is 0.406. The SMILES string of the molecule is CS(=O)(=O)c1nnc(NC(=O)C(C#N)=Cc2ccc(OCCOc3ccccc3Cl)cc2)s1. The normalized spacial score (nSPS) is 11.5. The number of nitrogens with one attached hydrogen (secondary N) is 1. The summed E-state index contributed by atoms with van der Waals surface area (Å²) >= 11 is 6.72. The molecule has 3 rings (SSSR count). The molecule has 0 aliphatic rings. The fourth-order valence-electron chi connectivity index (χ4n) is 2.42. The van der Waals surface area contributed by atoms with Gasteiger partial charge in [0.15, 0.2) is 0 Å². The van der Waals surface area contributed by atoms with E-state index >= 15 is 0 Å². The van der Waals surface area contributed by atoms with Crippen molar-refractivity contribution in [2.24, 2.45) is 0 Å². The molecule has 0 saturated carbocycles. The Morgan fingerprint density at radius 3 is 2.48 bits per heavy atom. The van der Waals surface area contributed by atoms with Gasteiger partial charge in [0.05, 0.1) is 5.02 Å². The molecule has 0 fully saturated rings. The highest BCUT2D eigenvalue weighted by atomic mass is 35.5. The van der Waals surface area contributed by atoms with Crippen LogP contribution in [0.4, 0.5) is 5.13 Å². The summed E-state index contributed by atoms with van der Waals surface area (Å²) in [6.45, 7) is 0.598. The standard InChI is InChI=1S/C21H17ClN4O5S2/c1-33(28,29)21-26-25-20(32-21)24-19(27)15(13-23)12-14-6-8-16(9-7-14)30-10-11-31-18-5-3-2-4-17(18)22/h2-9,12H,10-11H2,1H3,(H,24,25,27). The summed E-state index contributed by atoms with van der Waals surface area (Å²) in [7, 11) is -3.53. The Morgan fingerprint density at radius 2 is 1.85 bits per heavy atom. The number of nitrogens with zero attached hydrogens (tertiary/aromatic N) is 3. The molecule has 1 heterocycles. The second-order valence-corrected chi connectivity index (χ2v) is 10.0. The van der Waals surface area contributed by atoms with Crippen LogP contribution >= 0.6 is 22.9 Å². The van der Waals surface area contributed by atoms with Crippen molar-refractivity contribution in [3.8, 4) is 17.6 Å². The molecule has 1 amide bonds. The van der Waals surface area contributed by atoms with Crippen LogP contribution in [0, 0.1) is 11.3 Å². The lowest BCUT2D eigenvalue weighted by Crippen LogP contribution is -2.13. The highest BCUT2D eigenvalue weighted by molar-refractivity contribution is 7.92. The maximum Gasteiger partial charge on any atom is 0.268 e. The third-order valence-electron chi connectivity index (χ3n) is 3.95. The smallest absolute Gasteiger partial charge is 0.268 e. The van der Waals surface area contributed by atoms with E-state index in [9.17, 15) is 18.5 Å². The lowest BCUT2D eigenvalue weighted by atomic mass is 10.1. The van der Waals surface area contributed by atoms with Crippen molar-refractivity contribution >= 4 is 49.9 Å². The second kappa shape index (κ2) is 10.9. The second-order valence-electron chi connectivity index (χ2n) is 6.47. The number of hydrogen-bond donors (Lipinski definition) is 1. The van der Waals surface area contributed by atoms with Crippen molar-refractivity contribution in [1.29, 1.82) is 5.26 Å². The van der Waals surface area contributed by atoms with E-state index in [0.717, 1.165) is 6.26 Å². The van der Waals surface area contributed by atoms with Crippen LogP contribution in [-0.2, 0) is 14.6 Å². The molecular weight excluding hydrogens is 488 g/mol. The van der Waals surface area contributed by atoms with Crippen LogP contribution in [0.1, 0.15) is 5.56 Å². The number of benzene rings is 2. The number of halogens is 1. The van der Waals surface area contributed by atoms with E-state index < -0.39 is 15.7 Å². The average Bonchev–Trinajstić information content (AvgIpc) is 3.26. The first-order chi connectivity index (χ1) is 15.8. The fraction of sp³-hybridized carbons (Fsp3) is 0.143. The summed E-state index contributed by atoms with van der Waals surface area (Å²) in [6.07, 6.45) is 2.37. The van der Waals surface area contributed by atoms with Crippen molar-refractivity contribution in [2.75, 3.05) is 24.8 Å². The number of carbonyl (C=O) groups excluding carboxylic acids is 1. The third-order valence-corrected chi connectivity index (χ3v) is 6.77. The first-order valence-electron chi connectivity index (χ1n) is 9.33. The summed E-state index contributed by atoms with van der Waals surface area (Å²) in [6, 6.07) is 15.7. The highest BCUT2D eigenvalue weighted by Crippen LogP contribution is 2.23. The van der Waals surface area contributed by atoms with Crippen molar-refractivity contribution in [1.82, 2.24) is 10.2 Å². The fourth-order valence-corrected chi connectivity index (χ4v) is 4.12. The molecule has 2 aromatic carbocycles. The van der Waals surface area contributed by atoms with E-state index in [-0.39, 0.29) is 15.0 Å². The Labute approximate surface area is 199 Å². The van der Waals surface area contributed by atoms with Gasteiger partial charge < -0.3 is 9.47 Å². The minimum Gasteiger partial charge on any atom is -0.490 e. The molecule has 1 aromatic heterocycles. The third kappa shape index (κ3) is 7.01. The van der Waals surface area contributed by atoms with E-state index in [4.69, 9.17) is 21.1 Å². The number of para-hydroxylation sites is 1. The van der Waals surface area contributed by atoms with Gasteiger partial charge in [-0.05, 0) is 35.9 Å². The number of nitriles is 1. The van der Waals surface area contributed by atoms with Crippen LogP contribution in [0.5, 0.6) is 11.5 Å². The largest absolute Gasteiger partial charge is 0.490 e. The van der Waals surface area contributed by atoms with Gasteiger partial charge in [-0.3, -0.25) is 10.1 Å². The summed E-state index contributed by atoms with van der Waals surface area (Å²) in [5, 5.41) is 19.3. The number of carbonyl (C=O) groups is 1. The molecule has 9 nitrogen and oxygen atoms in total. The van der Waals surface area contributed by atoms with Gasteiger partial charge in [0.25, 0.3) is 5.91 Å². The molecule has 0 atom stereocenters. The summed E-state index contributed by atoms with van der Waals surface area (Å²) < 4.78 is 33.9. The Bertz CT molecular complexity index is 1310. The van der Waals surface area contributed by atoms with Crippen LogP contribution < -0.4 is 14.8 Å². The van der Waals surface area contributed by atoms with Crippen LogP contribution in [0.2, 0.25) is 5.02 Å². The summed E-state index contributed by atoms with van der Waals surface area (Å²) in [5.74, 6) is 0.428. The molecule has 3 aromatic rings. The molecule has 0 aliphatic carbocycles. The molecule has 0 aliphatic heterocycles. The minimum atomic E-state index is -3.53. The lowest BCUT2D eigenvalue weighted by molar-refractivity contribution is -0.112. The van der Waals surface area contributed by atoms with Crippen molar-refractivity contribution in [3.05, 3.63) is 64.7 Å². The lowest BCUT2D eigenvalue weighted by Gasteiger charge is -2.09. The van der Waals surface area contributed by atoms with Gasteiger partial charge in [-0.25, -0.2) is 8.42 Å². The van der Waals surface area contributed by atoms with Crippen LogP contribution in [-0.4, -0.2) is 44.0 Å². The maximum absolute atomic E-state index is 12.3. The molecule has 0 bridgehead atoms. The number of aromatic nitrogens is 2. The van der Waals surface area contributed by atoms with Gasteiger partial charge in [-0.15, -0.1) is 10.2 Å². The predicted molar refractivity (Wildman–Crippen MR) is 124 cm³/mol. The number of anilines is 1.